The second-order valence-corrected chi connectivity index (χ2v) is 6.01. The van der Waals surface area contributed by atoms with E-state index in [2.05, 4.69) is 29.1 Å². The van der Waals surface area contributed by atoms with Gasteiger partial charge in [-0.3, -0.25) is 0 Å². The lowest BCUT2D eigenvalue weighted by molar-refractivity contribution is -0.0442. The van der Waals surface area contributed by atoms with Gasteiger partial charge in [0, 0.05) is 13.2 Å². The van der Waals surface area contributed by atoms with Crippen molar-refractivity contribution in [3.8, 4) is 0 Å². The Kier molecular flexibility index (Phi) is 3.73. The van der Waals surface area contributed by atoms with Crippen LogP contribution < -0.4 is 16.8 Å². The van der Waals surface area contributed by atoms with E-state index in [9.17, 15) is 5.11 Å². The molecule has 1 saturated carbocycles. The lowest BCUT2D eigenvalue weighted by Crippen LogP contribution is -2.49. The maximum atomic E-state index is 9.25. The van der Waals surface area contributed by atoms with Crippen molar-refractivity contribution < 1.29 is 5.11 Å². The molecule has 1 aliphatic rings. The summed E-state index contributed by atoms with van der Waals surface area (Å²) in [6.45, 7) is 5.28. The van der Waals surface area contributed by atoms with Crippen LogP contribution in [0.15, 0.2) is 0 Å². The molecule has 0 bridgehead atoms. The zero-order chi connectivity index (χ0) is 14.2. The number of hydrogen-bond donors (Lipinski definition) is 4. The van der Waals surface area contributed by atoms with Crippen LogP contribution in [0.4, 0.5) is 17.5 Å². The minimum Gasteiger partial charge on any atom is -0.396 e. The van der Waals surface area contributed by atoms with Gasteiger partial charge in [0.05, 0.1) is 0 Å². The highest BCUT2D eigenvalue weighted by atomic mass is 35.5. The number of aliphatic hydroxyl groups is 1. The van der Waals surface area contributed by atoms with Crippen LogP contribution in [0.2, 0.25) is 5.15 Å². The summed E-state index contributed by atoms with van der Waals surface area (Å²) < 4.78 is 0. The van der Waals surface area contributed by atoms with Crippen LogP contribution >= 0.6 is 11.6 Å². The lowest BCUT2D eigenvalue weighted by atomic mass is 9.55. The molecule has 2 rings (SSSR count). The first-order valence-electron chi connectivity index (χ1n) is 6.29. The Hall–Kier alpha value is -1.27. The van der Waals surface area contributed by atoms with Gasteiger partial charge in [0.1, 0.15) is 5.69 Å². The van der Waals surface area contributed by atoms with Crippen LogP contribution in [0, 0.1) is 17.3 Å². The zero-order valence-electron chi connectivity index (χ0n) is 11.2. The number of nitrogens with one attached hydrogen (secondary N) is 1. The molecule has 1 aromatic rings. The molecular weight excluding hydrogens is 266 g/mol. The van der Waals surface area contributed by atoms with Crippen LogP contribution in [0.1, 0.15) is 20.3 Å². The number of anilines is 3. The molecule has 0 aliphatic heterocycles. The summed E-state index contributed by atoms with van der Waals surface area (Å²) in [6.07, 6.45) is 0.991. The van der Waals surface area contributed by atoms with Crippen molar-refractivity contribution in [2.24, 2.45) is 17.3 Å². The molecule has 0 unspecified atom stereocenters. The van der Waals surface area contributed by atoms with Gasteiger partial charge in [-0.25, -0.2) is 0 Å². The van der Waals surface area contributed by atoms with Gasteiger partial charge < -0.3 is 21.9 Å². The maximum absolute atomic E-state index is 9.25. The fourth-order valence-corrected chi connectivity index (χ4v) is 2.77. The molecule has 106 valence electrons. The van der Waals surface area contributed by atoms with E-state index < -0.39 is 0 Å². The number of aromatic nitrogens is 2. The Bertz CT molecular complexity index is 479. The molecule has 6 nitrogen and oxygen atoms in total. The highest BCUT2D eigenvalue weighted by molar-refractivity contribution is 6.32. The van der Waals surface area contributed by atoms with Crippen LogP contribution in [0.3, 0.4) is 0 Å². The second kappa shape index (κ2) is 5.02. The van der Waals surface area contributed by atoms with E-state index >= 15 is 0 Å². The predicted molar refractivity (Wildman–Crippen MR) is 76.8 cm³/mol. The fraction of sp³-hybridized carbons (Fsp3) is 0.667. The van der Waals surface area contributed by atoms with Gasteiger partial charge >= 0.3 is 0 Å². The first-order chi connectivity index (χ1) is 8.86. The summed E-state index contributed by atoms with van der Waals surface area (Å²) in [4.78, 5) is 7.83. The molecule has 0 aromatic carbocycles. The molecule has 2 atom stereocenters. The summed E-state index contributed by atoms with van der Waals surface area (Å²) in [7, 11) is 0. The molecular formula is C12H20ClN5O. The SMILES string of the molecule is CC1(C)[C@H](CO)C[C@@H]1CNc1nc(N)nc(Cl)c1N. The normalized spacial score (nSPS) is 24.8. The molecule has 1 aromatic heterocycles. The molecule has 7 heteroatoms. The summed E-state index contributed by atoms with van der Waals surface area (Å²) in [5.74, 6) is 1.39. The number of halogens is 1. The number of aliphatic hydroxyl groups excluding tert-OH is 1. The first-order valence-corrected chi connectivity index (χ1v) is 6.67. The Morgan fingerprint density at radius 2 is 2.05 bits per heavy atom. The van der Waals surface area contributed by atoms with E-state index in [0.29, 0.717) is 23.3 Å². The molecule has 0 radical (unpaired) electrons. The van der Waals surface area contributed by atoms with Crippen molar-refractivity contribution in [2.75, 3.05) is 29.9 Å². The number of hydrogen-bond acceptors (Lipinski definition) is 6. The van der Waals surface area contributed by atoms with Crippen LogP contribution in [-0.4, -0.2) is 28.2 Å². The molecule has 0 spiro atoms. The smallest absolute Gasteiger partial charge is 0.223 e. The summed E-state index contributed by atoms with van der Waals surface area (Å²) >= 11 is 5.85. The van der Waals surface area contributed by atoms with Crippen molar-refractivity contribution >= 4 is 29.1 Å². The summed E-state index contributed by atoms with van der Waals surface area (Å²) in [5, 5.41) is 12.6. The summed E-state index contributed by atoms with van der Waals surface area (Å²) in [5.41, 5.74) is 11.8. The Morgan fingerprint density at radius 3 is 2.63 bits per heavy atom. The van der Waals surface area contributed by atoms with Crippen LogP contribution in [0.25, 0.3) is 0 Å². The van der Waals surface area contributed by atoms with E-state index in [0.717, 1.165) is 13.0 Å². The van der Waals surface area contributed by atoms with Crippen molar-refractivity contribution in [3.05, 3.63) is 5.15 Å². The van der Waals surface area contributed by atoms with Crippen LogP contribution in [0.5, 0.6) is 0 Å². The van der Waals surface area contributed by atoms with Gasteiger partial charge in [0.15, 0.2) is 11.0 Å². The highest BCUT2D eigenvalue weighted by Gasteiger charge is 2.47. The summed E-state index contributed by atoms with van der Waals surface area (Å²) in [6, 6.07) is 0. The molecule has 1 heterocycles. The highest BCUT2D eigenvalue weighted by Crippen LogP contribution is 2.50. The Balaban J connectivity index is 2.01. The van der Waals surface area contributed by atoms with Crippen molar-refractivity contribution in [1.29, 1.82) is 0 Å². The first kappa shape index (κ1) is 14.1. The van der Waals surface area contributed by atoms with Crippen molar-refractivity contribution in [1.82, 2.24) is 9.97 Å². The topological polar surface area (TPSA) is 110 Å². The van der Waals surface area contributed by atoms with E-state index in [1.165, 1.54) is 0 Å². The van der Waals surface area contributed by atoms with Crippen LogP contribution in [-0.2, 0) is 0 Å². The lowest BCUT2D eigenvalue weighted by Gasteiger charge is -2.51. The fourth-order valence-electron chi connectivity index (χ4n) is 2.59. The van der Waals surface area contributed by atoms with Crippen molar-refractivity contribution in [2.45, 2.75) is 20.3 Å². The largest absolute Gasteiger partial charge is 0.396 e. The average molecular weight is 286 g/mol. The Morgan fingerprint density at radius 1 is 1.37 bits per heavy atom. The van der Waals surface area contributed by atoms with E-state index in [1.807, 2.05) is 0 Å². The van der Waals surface area contributed by atoms with Gasteiger partial charge in [-0.2, -0.15) is 9.97 Å². The molecule has 1 aliphatic carbocycles. The Labute approximate surface area is 117 Å². The molecule has 6 N–H and O–H groups in total. The molecule has 19 heavy (non-hydrogen) atoms. The minimum absolute atomic E-state index is 0.0998. The van der Waals surface area contributed by atoms with Gasteiger partial charge in [-0.05, 0) is 23.7 Å². The van der Waals surface area contributed by atoms with E-state index in [1.54, 1.807) is 0 Å². The third-order valence-corrected chi connectivity index (χ3v) is 4.61. The number of rotatable bonds is 4. The number of nitrogens with zero attached hydrogens (tertiary/aromatic N) is 2. The maximum Gasteiger partial charge on any atom is 0.223 e. The molecule has 0 amide bonds. The quantitative estimate of drug-likeness (QED) is 0.622. The third kappa shape index (κ3) is 2.55. The third-order valence-electron chi connectivity index (χ3n) is 4.33. The zero-order valence-corrected chi connectivity index (χ0v) is 11.9. The predicted octanol–water partition coefficient (Wildman–Crippen LogP) is 1.36. The van der Waals surface area contributed by atoms with Crippen molar-refractivity contribution in [3.63, 3.8) is 0 Å². The standard InChI is InChI=1S/C12H20ClN5O/c1-12(2)6(3-7(12)5-19)4-16-10-8(14)9(13)17-11(15)18-10/h6-7,19H,3-5,14H2,1-2H3,(H3,15,16,17,18)/t6-,7+/m1/s1. The van der Waals surface area contributed by atoms with Gasteiger partial charge in [-0.1, -0.05) is 25.4 Å². The number of nitrogens with two attached hydrogens (primary N) is 2. The molecule has 1 fully saturated rings. The van der Waals surface area contributed by atoms with Gasteiger partial charge in [0.25, 0.3) is 0 Å². The van der Waals surface area contributed by atoms with Gasteiger partial charge in [-0.15, -0.1) is 0 Å². The monoisotopic (exact) mass is 285 g/mol. The van der Waals surface area contributed by atoms with E-state index in [4.69, 9.17) is 23.1 Å². The average Bonchev–Trinajstić information content (AvgIpc) is 2.33. The van der Waals surface area contributed by atoms with E-state index in [-0.39, 0.29) is 23.1 Å². The van der Waals surface area contributed by atoms with Gasteiger partial charge in [0.2, 0.25) is 5.95 Å². The minimum atomic E-state index is 0.0998. The molecule has 0 saturated heterocycles. The number of nitrogen functional groups attached to an aromatic ring is 2. The second-order valence-electron chi connectivity index (χ2n) is 5.65.